The Morgan fingerprint density at radius 2 is 1.84 bits per heavy atom. The monoisotopic (exact) mass is 581 g/mol. The summed E-state index contributed by atoms with van der Waals surface area (Å²) < 4.78 is 6.97. The van der Waals surface area contributed by atoms with Crippen LogP contribution in [0, 0.1) is 11.3 Å². The van der Waals surface area contributed by atoms with Crippen molar-refractivity contribution in [2.45, 2.75) is 25.6 Å². The quantitative estimate of drug-likeness (QED) is 0.181. The minimum atomic E-state index is -0.780. The Morgan fingerprint density at radius 3 is 2.56 bits per heavy atom. The Kier molecular flexibility index (Phi) is 9.73. The van der Waals surface area contributed by atoms with Crippen molar-refractivity contribution < 1.29 is 9.53 Å². The molecule has 2 aromatic carbocycles. The molecule has 0 aliphatic carbocycles. The van der Waals surface area contributed by atoms with Crippen LogP contribution in [0.4, 0.5) is 23.5 Å². The minimum absolute atomic E-state index is 0.195. The summed E-state index contributed by atoms with van der Waals surface area (Å²) in [7, 11) is 3.25. The highest BCUT2D eigenvalue weighted by atomic mass is 16.5. The van der Waals surface area contributed by atoms with Gasteiger partial charge >= 0.3 is 5.97 Å². The number of anilines is 4. The van der Waals surface area contributed by atoms with Crippen molar-refractivity contribution in [3.8, 4) is 6.07 Å². The lowest BCUT2D eigenvalue weighted by Gasteiger charge is -2.27. The first kappa shape index (κ1) is 29.4. The number of rotatable bonds is 12. The van der Waals surface area contributed by atoms with Gasteiger partial charge in [0.1, 0.15) is 11.9 Å². The van der Waals surface area contributed by atoms with Gasteiger partial charge in [-0.2, -0.15) is 20.2 Å². The Bertz CT molecular complexity index is 1560. The van der Waals surface area contributed by atoms with E-state index in [0.717, 1.165) is 49.8 Å². The van der Waals surface area contributed by atoms with Crippen LogP contribution in [0.5, 0.6) is 0 Å². The number of aryl methyl sites for hydroxylation is 1. The number of carbonyl (C=O) groups is 1. The van der Waals surface area contributed by atoms with Gasteiger partial charge in [0.2, 0.25) is 17.8 Å². The fourth-order valence-electron chi connectivity index (χ4n) is 4.75. The van der Waals surface area contributed by atoms with Gasteiger partial charge < -0.3 is 30.6 Å². The highest BCUT2D eigenvalue weighted by molar-refractivity contribution is 5.79. The number of carbonyl (C=O) groups excluding carboxylic acids is 1. The summed E-state index contributed by atoms with van der Waals surface area (Å²) in [5, 5.41) is 22.1. The summed E-state index contributed by atoms with van der Waals surface area (Å²) >= 11 is 0. The third-order valence-electron chi connectivity index (χ3n) is 7.07. The van der Waals surface area contributed by atoms with Crippen LogP contribution in [0.3, 0.4) is 0 Å². The lowest BCUT2D eigenvalue weighted by Crippen LogP contribution is -2.42. The lowest BCUT2D eigenvalue weighted by atomic mass is 10.0. The molecule has 0 spiro atoms. The largest absolute Gasteiger partial charge is 0.467 e. The number of hydrogen-bond donors (Lipinski definition) is 4. The number of nitrogens with one attached hydrogen (secondary N) is 4. The van der Waals surface area contributed by atoms with Gasteiger partial charge in [0, 0.05) is 64.3 Å². The van der Waals surface area contributed by atoms with Gasteiger partial charge in [-0.15, -0.1) is 0 Å². The van der Waals surface area contributed by atoms with Gasteiger partial charge in [-0.1, -0.05) is 24.3 Å². The fourth-order valence-corrected chi connectivity index (χ4v) is 4.75. The summed E-state index contributed by atoms with van der Waals surface area (Å²) in [6.07, 6.45) is 3.89. The molecule has 1 aliphatic rings. The highest BCUT2D eigenvalue weighted by Crippen LogP contribution is 2.20. The number of aromatic nitrogens is 5. The Labute approximate surface area is 250 Å². The molecular formula is C30H35N11O2. The van der Waals surface area contributed by atoms with Gasteiger partial charge in [-0.3, -0.25) is 4.90 Å². The topological polar surface area (TPSA) is 158 Å². The van der Waals surface area contributed by atoms with E-state index in [0.29, 0.717) is 30.4 Å². The van der Waals surface area contributed by atoms with Gasteiger partial charge in [-0.05, 0) is 35.4 Å². The van der Waals surface area contributed by atoms with E-state index >= 15 is 0 Å². The maximum Gasteiger partial charge on any atom is 0.328 e. The van der Waals surface area contributed by atoms with E-state index in [4.69, 9.17) is 10.00 Å². The van der Waals surface area contributed by atoms with Gasteiger partial charge in [0.25, 0.3) is 0 Å². The van der Waals surface area contributed by atoms with Crippen LogP contribution in [0.1, 0.15) is 22.5 Å². The van der Waals surface area contributed by atoms with E-state index in [1.54, 1.807) is 18.3 Å². The molecule has 1 fully saturated rings. The zero-order valence-electron chi connectivity index (χ0n) is 24.2. The van der Waals surface area contributed by atoms with Crippen LogP contribution in [0.2, 0.25) is 0 Å². The number of nitrogens with zero attached hydrogens (tertiary/aromatic N) is 7. The standard InChI is InChI=1S/C30H35N11O2/c1-40-13-12-33-26(40)19-34-28-37-29(35-24-5-3-4-23(16-24)20-41-14-10-32-11-15-41)39-30(38-28)36-25(27(42)43-2)17-21-6-8-22(18-31)9-7-21/h3-9,12-13,16,25,32H,10-11,14-15,17,19-20H2,1-2H3,(H3,34,35,36,37,38,39)/t25-/m0/s1. The fraction of sp³-hybridized carbons (Fsp3) is 0.333. The normalized spacial score (nSPS) is 14.0. The highest BCUT2D eigenvalue weighted by Gasteiger charge is 2.22. The molecule has 0 amide bonds. The van der Waals surface area contributed by atoms with Crippen molar-refractivity contribution in [1.82, 2.24) is 34.7 Å². The zero-order chi connectivity index (χ0) is 30.0. The Morgan fingerprint density at radius 1 is 1.07 bits per heavy atom. The summed E-state index contributed by atoms with van der Waals surface area (Å²) in [6, 6.07) is 16.5. The van der Waals surface area contributed by atoms with Gasteiger partial charge in [0.05, 0.1) is 25.3 Å². The van der Waals surface area contributed by atoms with Crippen LogP contribution in [-0.4, -0.2) is 74.7 Å². The average Bonchev–Trinajstić information content (AvgIpc) is 3.44. The van der Waals surface area contributed by atoms with Crippen LogP contribution in [0.25, 0.3) is 0 Å². The van der Waals surface area contributed by atoms with Crippen molar-refractivity contribution in [1.29, 1.82) is 5.26 Å². The molecule has 0 bridgehead atoms. The van der Waals surface area contributed by atoms with Crippen LogP contribution < -0.4 is 21.3 Å². The van der Waals surface area contributed by atoms with E-state index < -0.39 is 12.0 Å². The van der Waals surface area contributed by atoms with E-state index in [1.165, 1.54) is 12.7 Å². The van der Waals surface area contributed by atoms with E-state index in [2.05, 4.69) is 64.3 Å². The summed E-state index contributed by atoms with van der Waals surface area (Å²) in [4.78, 5) is 33.3. The van der Waals surface area contributed by atoms with Crippen molar-refractivity contribution >= 4 is 29.5 Å². The van der Waals surface area contributed by atoms with Crippen LogP contribution in [-0.2, 0) is 36.1 Å². The first-order valence-electron chi connectivity index (χ1n) is 14.1. The molecule has 1 aliphatic heterocycles. The maximum absolute atomic E-state index is 12.8. The molecule has 13 nitrogen and oxygen atoms in total. The summed E-state index contributed by atoms with van der Waals surface area (Å²) in [5.41, 5.74) is 3.41. The van der Waals surface area contributed by atoms with Gasteiger partial charge in [-0.25, -0.2) is 9.78 Å². The van der Waals surface area contributed by atoms with Crippen molar-refractivity contribution in [2.24, 2.45) is 7.05 Å². The Hall–Kier alpha value is -5.06. The van der Waals surface area contributed by atoms with E-state index in [-0.39, 0.29) is 5.95 Å². The second-order valence-electron chi connectivity index (χ2n) is 10.2. The smallest absolute Gasteiger partial charge is 0.328 e. The molecule has 0 unspecified atom stereocenters. The second-order valence-corrected chi connectivity index (χ2v) is 10.2. The van der Waals surface area contributed by atoms with Crippen molar-refractivity contribution in [3.05, 3.63) is 83.4 Å². The molecule has 1 atom stereocenters. The molecule has 43 heavy (non-hydrogen) atoms. The van der Waals surface area contributed by atoms with Crippen LogP contribution >= 0.6 is 0 Å². The molecule has 2 aromatic heterocycles. The van der Waals surface area contributed by atoms with E-state index in [9.17, 15) is 4.79 Å². The predicted octanol–water partition coefficient (Wildman–Crippen LogP) is 2.43. The molecule has 4 aromatic rings. The zero-order valence-corrected chi connectivity index (χ0v) is 24.2. The molecule has 4 N–H and O–H groups in total. The van der Waals surface area contributed by atoms with E-state index in [1.807, 2.05) is 42.1 Å². The molecule has 3 heterocycles. The number of methoxy groups -OCH3 is 1. The minimum Gasteiger partial charge on any atom is -0.467 e. The number of ether oxygens (including phenoxy) is 1. The number of benzene rings is 2. The molecule has 5 rings (SSSR count). The molecule has 222 valence electrons. The predicted molar refractivity (Wildman–Crippen MR) is 163 cm³/mol. The SMILES string of the molecule is COC(=O)[C@H](Cc1ccc(C#N)cc1)Nc1nc(NCc2nccn2C)nc(Nc2cccc(CN3CCNCC3)c2)n1. The van der Waals surface area contributed by atoms with Crippen LogP contribution in [0.15, 0.2) is 60.9 Å². The number of imidazole rings is 1. The number of nitriles is 1. The molecule has 0 radical (unpaired) electrons. The second kappa shape index (κ2) is 14.2. The molecule has 0 saturated carbocycles. The van der Waals surface area contributed by atoms with Crippen molar-refractivity contribution in [3.63, 3.8) is 0 Å². The summed E-state index contributed by atoms with van der Waals surface area (Å²) in [6.45, 7) is 5.24. The number of piperazine rings is 1. The molecular weight excluding hydrogens is 546 g/mol. The molecule has 13 heteroatoms. The third kappa shape index (κ3) is 8.25. The third-order valence-corrected chi connectivity index (χ3v) is 7.07. The van der Waals surface area contributed by atoms with Gasteiger partial charge in [0.15, 0.2) is 0 Å². The Balaban J connectivity index is 1.38. The maximum atomic E-state index is 12.8. The number of esters is 1. The first-order valence-corrected chi connectivity index (χ1v) is 14.1. The van der Waals surface area contributed by atoms with Crippen molar-refractivity contribution in [2.75, 3.05) is 49.2 Å². The number of hydrogen-bond acceptors (Lipinski definition) is 12. The summed E-state index contributed by atoms with van der Waals surface area (Å²) in [5.74, 6) is 1.14. The molecule has 1 saturated heterocycles. The first-order chi connectivity index (χ1) is 21.0. The average molecular weight is 582 g/mol. The lowest BCUT2D eigenvalue weighted by molar-refractivity contribution is -0.141.